The molecule has 3 rings (SSSR count). The Morgan fingerprint density at radius 2 is 1.89 bits per heavy atom. The lowest BCUT2D eigenvalue weighted by Gasteiger charge is -2.45. The normalized spacial score (nSPS) is 24.7. The van der Waals surface area contributed by atoms with E-state index in [1.54, 1.807) is 6.20 Å². The summed E-state index contributed by atoms with van der Waals surface area (Å²) in [6.07, 6.45) is 2.08. The highest BCUT2D eigenvalue weighted by Gasteiger charge is 2.33. The SMILES string of the molecule is C[C@@H]1CN(C(C)(C)CNC(=O)c2ccc(N3CCOCC3)nc2)C[C@@H](C)O1. The number of aromatic nitrogens is 1. The van der Waals surface area contributed by atoms with Crippen LogP contribution < -0.4 is 10.2 Å². The van der Waals surface area contributed by atoms with Gasteiger partial charge in [0.05, 0.1) is 31.0 Å². The second-order valence-electron chi connectivity index (χ2n) is 8.16. The average molecular weight is 377 g/mol. The van der Waals surface area contributed by atoms with E-state index in [-0.39, 0.29) is 23.7 Å². The van der Waals surface area contributed by atoms with Crippen LogP contribution in [0.15, 0.2) is 18.3 Å². The number of morpholine rings is 2. The maximum absolute atomic E-state index is 12.6. The lowest BCUT2D eigenvalue weighted by atomic mass is 10.00. The van der Waals surface area contributed by atoms with Gasteiger partial charge >= 0.3 is 0 Å². The van der Waals surface area contributed by atoms with Crippen LogP contribution in [0.3, 0.4) is 0 Å². The molecule has 0 bridgehead atoms. The molecule has 150 valence electrons. The van der Waals surface area contributed by atoms with Crippen molar-refractivity contribution in [2.45, 2.75) is 45.4 Å². The van der Waals surface area contributed by atoms with E-state index in [0.29, 0.717) is 12.1 Å². The largest absolute Gasteiger partial charge is 0.378 e. The zero-order valence-electron chi connectivity index (χ0n) is 16.9. The third-order valence-electron chi connectivity index (χ3n) is 5.30. The van der Waals surface area contributed by atoms with Crippen LogP contribution >= 0.6 is 0 Å². The van der Waals surface area contributed by atoms with E-state index in [2.05, 4.69) is 47.8 Å². The number of rotatable bonds is 5. The van der Waals surface area contributed by atoms with Gasteiger partial charge in [-0.3, -0.25) is 9.69 Å². The van der Waals surface area contributed by atoms with Gasteiger partial charge in [-0.25, -0.2) is 4.98 Å². The Bertz CT molecular complexity index is 619. The molecule has 3 heterocycles. The molecular weight excluding hydrogens is 344 g/mol. The standard InChI is InChI=1S/C20H32N4O3/c1-15-12-24(13-16(2)27-15)20(3,4)14-22-19(25)17-5-6-18(21-11-17)23-7-9-26-10-8-23/h5-6,11,15-16H,7-10,12-14H2,1-4H3,(H,22,25)/t15-,16-/m1/s1. The Labute approximate surface area is 162 Å². The zero-order chi connectivity index (χ0) is 19.4. The van der Waals surface area contributed by atoms with Crippen LogP contribution in [0, 0.1) is 0 Å². The van der Waals surface area contributed by atoms with Gasteiger partial charge in [0.1, 0.15) is 5.82 Å². The van der Waals surface area contributed by atoms with Crippen molar-refractivity contribution in [3.8, 4) is 0 Å². The molecule has 0 aliphatic carbocycles. The maximum atomic E-state index is 12.6. The van der Waals surface area contributed by atoms with Gasteiger partial charge in [-0.15, -0.1) is 0 Å². The summed E-state index contributed by atoms with van der Waals surface area (Å²) in [4.78, 5) is 21.6. The van der Waals surface area contributed by atoms with Crippen LogP contribution in [-0.2, 0) is 9.47 Å². The van der Waals surface area contributed by atoms with Crippen molar-refractivity contribution in [1.29, 1.82) is 0 Å². The van der Waals surface area contributed by atoms with Gasteiger partial charge in [-0.1, -0.05) is 0 Å². The van der Waals surface area contributed by atoms with E-state index in [1.165, 1.54) is 0 Å². The molecule has 2 atom stereocenters. The van der Waals surface area contributed by atoms with Gasteiger partial charge in [0.2, 0.25) is 0 Å². The van der Waals surface area contributed by atoms with Crippen molar-refractivity contribution in [1.82, 2.24) is 15.2 Å². The summed E-state index contributed by atoms with van der Waals surface area (Å²) in [5, 5.41) is 3.07. The van der Waals surface area contributed by atoms with Crippen molar-refractivity contribution in [3.63, 3.8) is 0 Å². The second-order valence-corrected chi connectivity index (χ2v) is 8.16. The Kier molecular flexibility index (Phi) is 6.34. The van der Waals surface area contributed by atoms with Gasteiger partial charge in [0, 0.05) is 44.5 Å². The summed E-state index contributed by atoms with van der Waals surface area (Å²) in [6, 6.07) is 3.76. The summed E-state index contributed by atoms with van der Waals surface area (Å²) in [5.74, 6) is 0.810. The number of hydrogen-bond donors (Lipinski definition) is 1. The molecule has 1 N–H and O–H groups in total. The topological polar surface area (TPSA) is 66.9 Å². The van der Waals surface area contributed by atoms with Crippen LogP contribution in [0.5, 0.6) is 0 Å². The van der Waals surface area contributed by atoms with Crippen LogP contribution in [0.4, 0.5) is 5.82 Å². The predicted octanol–water partition coefficient (Wildman–Crippen LogP) is 1.54. The molecular formula is C20H32N4O3. The van der Waals surface area contributed by atoms with Crippen LogP contribution in [0.25, 0.3) is 0 Å². The monoisotopic (exact) mass is 376 g/mol. The molecule has 7 heteroatoms. The number of amides is 1. The molecule has 0 aromatic carbocycles. The number of ether oxygens (including phenoxy) is 2. The van der Waals surface area contributed by atoms with Gasteiger partial charge in [0.15, 0.2) is 0 Å². The molecule has 0 saturated carbocycles. The molecule has 1 aromatic rings. The highest BCUT2D eigenvalue weighted by molar-refractivity contribution is 5.94. The third-order valence-corrected chi connectivity index (χ3v) is 5.30. The van der Waals surface area contributed by atoms with Gasteiger partial charge < -0.3 is 19.7 Å². The number of carbonyl (C=O) groups excluding carboxylic acids is 1. The summed E-state index contributed by atoms with van der Waals surface area (Å²) >= 11 is 0. The van der Waals surface area contributed by atoms with E-state index >= 15 is 0 Å². The molecule has 1 amide bonds. The fourth-order valence-corrected chi connectivity index (χ4v) is 3.68. The fraction of sp³-hybridized carbons (Fsp3) is 0.700. The molecule has 0 radical (unpaired) electrons. The highest BCUT2D eigenvalue weighted by Crippen LogP contribution is 2.21. The first-order valence-electron chi connectivity index (χ1n) is 9.82. The average Bonchev–Trinajstić information content (AvgIpc) is 2.66. The predicted molar refractivity (Wildman–Crippen MR) is 105 cm³/mol. The molecule has 7 nitrogen and oxygen atoms in total. The fourth-order valence-electron chi connectivity index (χ4n) is 3.68. The zero-order valence-corrected chi connectivity index (χ0v) is 16.9. The maximum Gasteiger partial charge on any atom is 0.252 e. The Hall–Kier alpha value is -1.70. The van der Waals surface area contributed by atoms with Crippen molar-refractivity contribution in [2.24, 2.45) is 0 Å². The minimum Gasteiger partial charge on any atom is -0.378 e. The first-order valence-corrected chi connectivity index (χ1v) is 9.82. The van der Waals surface area contributed by atoms with E-state index in [9.17, 15) is 4.79 Å². The summed E-state index contributed by atoms with van der Waals surface area (Å²) < 4.78 is 11.2. The molecule has 2 saturated heterocycles. The Morgan fingerprint density at radius 1 is 1.22 bits per heavy atom. The van der Waals surface area contributed by atoms with E-state index in [0.717, 1.165) is 45.2 Å². The van der Waals surface area contributed by atoms with E-state index in [4.69, 9.17) is 9.47 Å². The number of pyridine rings is 1. The van der Waals surface area contributed by atoms with Gasteiger partial charge in [0.25, 0.3) is 5.91 Å². The first-order chi connectivity index (χ1) is 12.8. The lowest BCUT2D eigenvalue weighted by Crippen LogP contribution is -2.58. The minimum absolute atomic E-state index is 0.0848. The summed E-state index contributed by atoms with van der Waals surface area (Å²) in [7, 11) is 0. The highest BCUT2D eigenvalue weighted by atomic mass is 16.5. The number of nitrogens with one attached hydrogen (secondary N) is 1. The molecule has 0 unspecified atom stereocenters. The van der Waals surface area contributed by atoms with Gasteiger partial charge in [-0.2, -0.15) is 0 Å². The van der Waals surface area contributed by atoms with E-state index < -0.39 is 0 Å². The van der Waals surface area contributed by atoms with Crippen molar-refractivity contribution >= 4 is 11.7 Å². The lowest BCUT2D eigenvalue weighted by molar-refractivity contribution is -0.0948. The second kappa shape index (κ2) is 8.54. The molecule has 0 spiro atoms. The molecule has 1 aromatic heterocycles. The molecule has 27 heavy (non-hydrogen) atoms. The summed E-state index contributed by atoms with van der Waals surface area (Å²) in [5.41, 5.74) is 0.454. The van der Waals surface area contributed by atoms with Crippen LogP contribution in [-0.4, -0.2) is 79.5 Å². The molecule has 2 aliphatic rings. The van der Waals surface area contributed by atoms with E-state index in [1.807, 2.05) is 12.1 Å². The Balaban J connectivity index is 1.55. The molecule has 2 aliphatic heterocycles. The van der Waals surface area contributed by atoms with Crippen molar-refractivity contribution in [2.75, 3.05) is 50.8 Å². The summed E-state index contributed by atoms with van der Waals surface area (Å²) in [6.45, 7) is 14.0. The number of nitrogens with zero attached hydrogens (tertiary/aromatic N) is 3. The Morgan fingerprint density at radius 3 is 2.48 bits per heavy atom. The van der Waals surface area contributed by atoms with Crippen LogP contribution in [0.2, 0.25) is 0 Å². The van der Waals surface area contributed by atoms with Crippen LogP contribution in [0.1, 0.15) is 38.1 Å². The number of hydrogen-bond acceptors (Lipinski definition) is 6. The minimum atomic E-state index is -0.136. The number of carbonyl (C=O) groups is 1. The third kappa shape index (κ3) is 5.18. The quantitative estimate of drug-likeness (QED) is 0.841. The first kappa shape index (κ1) is 20.0. The molecule has 2 fully saturated rings. The van der Waals surface area contributed by atoms with Gasteiger partial charge in [-0.05, 0) is 39.8 Å². The smallest absolute Gasteiger partial charge is 0.252 e. The van der Waals surface area contributed by atoms with Crippen molar-refractivity contribution < 1.29 is 14.3 Å². The van der Waals surface area contributed by atoms with Crippen molar-refractivity contribution in [3.05, 3.63) is 23.9 Å². The number of anilines is 1.